The molecule has 2 heteroatoms. The third kappa shape index (κ3) is 2.24. The van der Waals surface area contributed by atoms with E-state index in [1.54, 1.807) is 12.1 Å². The van der Waals surface area contributed by atoms with Gasteiger partial charge in [0.2, 0.25) is 0 Å². The Morgan fingerprint density at radius 2 is 1.67 bits per heavy atom. The first-order valence-electron chi connectivity index (χ1n) is 6.59. The molecule has 0 spiro atoms. The smallest absolute Gasteiger partial charge is 0.157 e. The van der Waals surface area contributed by atoms with Crippen LogP contribution in [0.2, 0.25) is 0 Å². The van der Waals surface area contributed by atoms with Crippen LogP contribution < -0.4 is 0 Å². The van der Waals surface area contributed by atoms with Crippen LogP contribution in [0.4, 0.5) is 0 Å². The van der Waals surface area contributed by atoms with E-state index >= 15 is 0 Å². The Hall–Kier alpha value is -1.44. The summed E-state index contributed by atoms with van der Waals surface area (Å²) in [5.74, 6) is 1.70. The SMILES string of the molecule is C=C1C2CCC(C2)C1(C)C.Oc1ccccc1O. The summed E-state index contributed by atoms with van der Waals surface area (Å²) in [6, 6.07) is 6.15. The fourth-order valence-corrected chi connectivity index (χ4v) is 3.21. The molecule has 2 N–H and O–H groups in total. The molecule has 3 rings (SSSR count). The fourth-order valence-electron chi connectivity index (χ4n) is 3.21. The first kappa shape index (κ1) is 13.0. The summed E-state index contributed by atoms with van der Waals surface area (Å²) in [7, 11) is 0. The van der Waals surface area contributed by atoms with Crippen LogP contribution in [0.5, 0.6) is 11.5 Å². The van der Waals surface area contributed by atoms with Gasteiger partial charge in [0, 0.05) is 0 Å². The van der Waals surface area contributed by atoms with Gasteiger partial charge in [-0.25, -0.2) is 0 Å². The van der Waals surface area contributed by atoms with Crippen molar-refractivity contribution in [1.82, 2.24) is 0 Å². The minimum absolute atomic E-state index is 0.0764. The van der Waals surface area contributed by atoms with Gasteiger partial charge < -0.3 is 10.2 Å². The molecular weight excluding hydrogens is 224 g/mol. The third-order valence-corrected chi connectivity index (χ3v) is 4.66. The summed E-state index contributed by atoms with van der Waals surface area (Å²) in [6.45, 7) is 8.91. The zero-order valence-corrected chi connectivity index (χ0v) is 11.2. The highest BCUT2D eigenvalue weighted by Crippen LogP contribution is 2.58. The maximum Gasteiger partial charge on any atom is 0.157 e. The summed E-state index contributed by atoms with van der Waals surface area (Å²) in [5, 5.41) is 17.3. The molecule has 2 nitrogen and oxygen atoms in total. The molecule has 0 amide bonds. The molecule has 0 aliphatic heterocycles. The Kier molecular flexibility index (Phi) is 3.38. The highest BCUT2D eigenvalue weighted by Gasteiger charge is 2.47. The predicted molar refractivity (Wildman–Crippen MR) is 73.5 cm³/mol. The van der Waals surface area contributed by atoms with Crippen molar-refractivity contribution in [1.29, 1.82) is 0 Å². The summed E-state index contributed by atoms with van der Waals surface area (Å²) in [6.07, 6.45) is 4.31. The molecule has 0 aromatic heterocycles. The molecule has 2 saturated carbocycles. The van der Waals surface area contributed by atoms with E-state index in [-0.39, 0.29) is 11.5 Å². The number of para-hydroxylation sites is 2. The van der Waals surface area contributed by atoms with E-state index in [1.807, 2.05) is 0 Å². The summed E-state index contributed by atoms with van der Waals surface area (Å²) in [4.78, 5) is 0. The molecule has 1 aromatic carbocycles. The minimum atomic E-state index is -0.0764. The van der Waals surface area contributed by atoms with Gasteiger partial charge in [0.05, 0.1) is 0 Å². The second-order valence-electron chi connectivity index (χ2n) is 5.94. The molecule has 2 atom stereocenters. The zero-order valence-electron chi connectivity index (χ0n) is 11.2. The van der Waals surface area contributed by atoms with Gasteiger partial charge in [-0.2, -0.15) is 0 Å². The van der Waals surface area contributed by atoms with E-state index in [9.17, 15) is 0 Å². The predicted octanol–water partition coefficient (Wildman–Crippen LogP) is 4.10. The van der Waals surface area contributed by atoms with Crippen LogP contribution in [0.15, 0.2) is 36.4 Å². The number of benzene rings is 1. The molecule has 2 aliphatic carbocycles. The van der Waals surface area contributed by atoms with Gasteiger partial charge in [-0.05, 0) is 48.6 Å². The number of phenolic OH excluding ortho intramolecular Hbond substituents is 2. The highest BCUT2D eigenvalue weighted by atomic mass is 16.3. The second kappa shape index (κ2) is 4.68. The number of hydrogen-bond acceptors (Lipinski definition) is 2. The van der Waals surface area contributed by atoms with Crippen molar-refractivity contribution in [2.24, 2.45) is 17.3 Å². The van der Waals surface area contributed by atoms with Crippen molar-refractivity contribution in [3.8, 4) is 11.5 Å². The molecule has 98 valence electrons. The lowest BCUT2D eigenvalue weighted by Crippen LogP contribution is -2.21. The number of rotatable bonds is 0. The van der Waals surface area contributed by atoms with E-state index in [1.165, 1.54) is 37.0 Å². The third-order valence-electron chi connectivity index (χ3n) is 4.66. The quantitative estimate of drug-likeness (QED) is 0.534. The largest absolute Gasteiger partial charge is 0.504 e. The van der Waals surface area contributed by atoms with E-state index in [2.05, 4.69) is 20.4 Å². The number of allylic oxidation sites excluding steroid dienone is 1. The zero-order chi connectivity index (χ0) is 13.3. The molecule has 2 aliphatic rings. The lowest BCUT2D eigenvalue weighted by molar-refractivity contribution is 0.289. The molecule has 0 saturated heterocycles. The van der Waals surface area contributed by atoms with Gasteiger partial charge in [0.1, 0.15) is 0 Å². The Balaban J connectivity index is 0.000000138. The molecule has 0 heterocycles. The maximum atomic E-state index is 8.67. The van der Waals surface area contributed by atoms with Crippen molar-refractivity contribution >= 4 is 0 Å². The number of fused-ring (bicyclic) bond motifs is 2. The summed E-state index contributed by atoms with van der Waals surface area (Å²) >= 11 is 0. The van der Waals surface area contributed by atoms with E-state index in [0.29, 0.717) is 5.41 Å². The minimum Gasteiger partial charge on any atom is -0.504 e. The lowest BCUT2D eigenvalue weighted by atomic mass is 9.73. The summed E-state index contributed by atoms with van der Waals surface area (Å²) in [5.41, 5.74) is 2.01. The normalized spacial score (nSPS) is 27.8. The average molecular weight is 246 g/mol. The van der Waals surface area contributed by atoms with Gasteiger partial charge in [-0.1, -0.05) is 38.1 Å². The van der Waals surface area contributed by atoms with Crippen LogP contribution in [0.3, 0.4) is 0 Å². The Bertz CT molecular complexity index is 427. The maximum absolute atomic E-state index is 8.67. The van der Waals surface area contributed by atoms with E-state index in [4.69, 9.17) is 10.2 Å². The van der Waals surface area contributed by atoms with Crippen LogP contribution in [0.1, 0.15) is 33.1 Å². The highest BCUT2D eigenvalue weighted by molar-refractivity contribution is 5.36. The van der Waals surface area contributed by atoms with Gasteiger partial charge >= 0.3 is 0 Å². The molecule has 2 bridgehead atoms. The molecule has 2 unspecified atom stereocenters. The molecule has 1 aromatic rings. The van der Waals surface area contributed by atoms with Gasteiger partial charge in [0.25, 0.3) is 0 Å². The monoisotopic (exact) mass is 246 g/mol. The van der Waals surface area contributed by atoms with Gasteiger partial charge in [0.15, 0.2) is 11.5 Å². The Morgan fingerprint density at radius 1 is 1.11 bits per heavy atom. The lowest BCUT2D eigenvalue weighted by Gasteiger charge is -2.31. The van der Waals surface area contributed by atoms with Crippen LogP contribution in [0.25, 0.3) is 0 Å². The number of aromatic hydroxyl groups is 2. The van der Waals surface area contributed by atoms with Crippen LogP contribution >= 0.6 is 0 Å². The van der Waals surface area contributed by atoms with Crippen molar-refractivity contribution in [2.45, 2.75) is 33.1 Å². The number of hydrogen-bond donors (Lipinski definition) is 2. The summed E-state index contributed by atoms with van der Waals surface area (Å²) < 4.78 is 0. The fraction of sp³-hybridized carbons (Fsp3) is 0.500. The first-order valence-corrected chi connectivity index (χ1v) is 6.59. The number of phenols is 2. The second-order valence-corrected chi connectivity index (χ2v) is 5.94. The van der Waals surface area contributed by atoms with Crippen LogP contribution in [-0.4, -0.2) is 10.2 Å². The van der Waals surface area contributed by atoms with Crippen molar-refractivity contribution in [3.63, 3.8) is 0 Å². The van der Waals surface area contributed by atoms with Gasteiger partial charge in [-0.15, -0.1) is 0 Å². The van der Waals surface area contributed by atoms with Crippen molar-refractivity contribution in [3.05, 3.63) is 36.4 Å². The Labute approximate surface area is 109 Å². The first-order chi connectivity index (χ1) is 8.43. The van der Waals surface area contributed by atoms with E-state index < -0.39 is 0 Å². The average Bonchev–Trinajstić information content (AvgIpc) is 2.88. The molecule has 2 fully saturated rings. The molecule has 0 radical (unpaired) electrons. The van der Waals surface area contributed by atoms with Crippen molar-refractivity contribution < 1.29 is 10.2 Å². The molecular formula is C16H22O2. The Morgan fingerprint density at radius 3 is 1.94 bits per heavy atom. The van der Waals surface area contributed by atoms with E-state index in [0.717, 1.165) is 11.8 Å². The molecule has 18 heavy (non-hydrogen) atoms. The van der Waals surface area contributed by atoms with Crippen LogP contribution in [0, 0.1) is 17.3 Å². The topological polar surface area (TPSA) is 40.5 Å². The van der Waals surface area contributed by atoms with Crippen LogP contribution in [-0.2, 0) is 0 Å². The standard InChI is InChI=1S/C10H16.C6H6O2/c1-7-8-4-5-9(6-8)10(7,2)3;7-5-3-1-2-4-6(5)8/h8-9H,1,4-6H2,2-3H3;1-4,7-8H. The van der Waals surface area contributed by atoms with Crippen molar-refractivity contribution in [2.75, 3.05) is 0 Å². The van der Waals surface area contributed by atoms with Gasteiger partial charge in [-0.3, -0.25) is 0 Å².